The van der Waals surface area contributed by atoms with Crippen molar-refractivity contribution in [2.75, 3.05) is 26.7 Å². The summed E-state index contributed by atoms with van der Waals surface area (Å²) in [6, 6.07) is 7.30. The van der Waals surface area contributed by atoms with E-state index in [-0.39, 0.29) is 0 Å². The molecule has 1 aromatic rings. The van der Waals surface area contributed by atoms with E-state index in [1.54, 1.807) is 19.2 Å². The molecule has 1 saturated carbocycles. The molecule has 0 radical (unpaired) electrons. The number of nitrogens with zero attached hydrogens (tertiary/aromatic N) is 1. The first-order valence-corrected chi connectivity index (χ1v) is 9.24. The molecule has 0 saturated heterocycles. The fraction of sp³-hybridized carbons (Fsp3) is 0.625. The summed E-state index contributed by atoms with van der Waals surface area (Å²) in [5.74, 6) is 0.546. The first-order chi connectivity index (χ1) is 10.0. The van der Waals surface area contributed by atoms with E-state index in [1.807, 2.05) is 12.1 Å². The standard InChI is InChI=1S/C16H26N2O2S/c1-3-17-12-11-14-7-9-16(10-8-14)21(19,20)18(2)13-15-5-4-6-15/h7-10,15,17H,3-6,11-13H2,1-2H3. The Morgan fingerprint density at radius 2 is 1.90 bits per heavy atom. The van der Waals surface area contributed by atoms with E-state index in [2.05, 4.69) is 12.2 Å². The van der Waals surface area contributed by atoms with Gasteiger partial charge in [0.1, 0.15) is 0 Å². The van der Waals surface area contributed by atoms with Crippen LogP contribution in [0.2, 0.25) is 0 Å². The number of hydrogen-bond donors (Lipinski definition) is 1. The third kappa shape index (κ3) is 4.28. The molecule has 1 N–H and O–H groups in total. The van der Waals surface area contributed by atoms with Gasteiger partial charge in [0, 0.05) is 13.6 Å². The van der Waals surface area contributed by atoms with Crippen molar-refractivity contribution in [2.24, 2.45) is 5.92 Å². The van der Waals surface area contributed by atoms with Crippen LogP contribution < -0.4 is 5.32 Å². The molecule has 1 aliphatic rings. The van der Waals surface area contributed by atoms with E-state index in [0.29, 0.717) is 17.4 Å². The fourth-order valence-corrected chi connectivity index (χ4v) is 3.80. The SMILES string of the molecule is CCNCCc1ccc(S(=O)(=O)N(C)CC2CCC2)cc1. The third-order valence-electron chi connectivity index (χ3n) is 4.21. The summed E-state index contributed by atoms with van der Waals surface area (Å²) in [7, 11) is -1.65. The largest absolute Gasteiger partial charge is 0.317 e. The molecule has 0 aliphatic heterocycles. The van der Waals surface area contributed by atoms with Crippen molar-refractivity contribution in [1.82, 2.24) is 9.62 Å². The predicted octanol–water partition coefficient (Wildman–Crippen LogP) is 2.26. The Kier molecular flexibility index (Phi) is 5.79. The van der Waals surface area contributed by atoms with Gasteiger partial charge in [-0.25, -0.2) is 12.7 Å². The van der Waals surface area contributed by atoms with Crippen molar-refractivity contribution in [3.05, 3.63) is 29.8 Å². The van der Waals surface area contributed by atoms with E-state index in [4.69, 9.17) is 0 Å². The van der Waals surface area contributed by atoms with Crippen molar-refractivity contribution in [3.8, 4) is 0 Å². The zero-order valence-electron chi connectivity index (χ0n) is 13.0. The summed E-state index contributed by atoms with van der Waals surface area (Å²) in [6.45, 7) is 4.60. The minimum absolute atomic E-state index is 0.400. The lowest BCUT2D eigenvalue weighted by Crippen LogP contribution is -2.34. The summed E-state index contributed by atoms with van der Waals surface area (Å²) in [5, 5.41) is 3.27. The van der Waals surface area contributed by atoms with Crippen LogP contribution in [0.15, 0.2) is 29.2 Å². The Bertz CT molecular complexity index is 536. The van der Waals surface area contributed by atoms with Crippen LogP contribution in [-0.4, -0.2) is 39.4 Å². The smallest absolute Gasteiger partial charge is 0.242 e. The van der Waals surface area contributed by atoms with E-state index in [1.165, 1.54) is 10.7 Å². The maximum Gasteiger partial charge on any atom is 0.242 e. The van der Waals surface area contributed by atoms with Gasteiger partial charge in [-0.05, 0) is 56.0 Å². The molecule has 0 spiro atoms. The van der Waals surface area contributed by atoms with Gasteiger partial charge in [0.15, 0.2) is 0 Å². The van der Waals surface area contributed by atoms with Crippen LogP contribution in [0.25, 0.3) is 0 Å². The minimum atomic E-state index is -3.33. The molecule has 1 fully saturated rings. The number of rotatable bonds is 8. The van der Waals surface area contributed by atoms with E-state index in [0.717, 1.165) is 37.9 Å². The Balaban J connectivity index is 1.98. The average Bonchev–Trinajstić information content (AvgIpc) is 2.43. The maximum absolute atomic E-state index is 12.5. The van der Waals surface area contributed by atoms with Crippen molar-refractivity contribution in [3.63, 3.8) is 0 Å². The van der Waals surface area contributed by atoms with Crippen molar-refractivity contribution in [1.29, 1.82) is 0 Å². The lowest BCUT2D eigenvalue weighted by Gasteiger charge is -2.29. The minimum Gasteiger partial charge on any atom is -0.317 e. The molecule has 5 heteroatoms. The second-order valence-electron chi connectivity index (χ2n) is 5.83. The lowest BCUT2D eigenvalue weighted by molar-refractivity contribution is 0.263. The molecule has 4 nitrogen and oxygen atoms in total. The number of benzene rings is 1. The number of likely N-dealkylation sites (N-methyl/N-ethyl adjacent to an activating group) is 1. The van der Waals surface area contributed by atoms with Crippen LogP contribution in [0.1, 0.15) is 31.7 Å². The Morgan fingerprint density at radius 3 is 2.43 bits per heavy atom. The van der Waals surface area contributed by atoms with Crippen molar-refractivity contribution >= 4 is 10.0 Å². The van der Waals surface area contributed by atoms with Crippen LogP contribution in [0.4, 0.5) is 0 Å². The fourth-order valence-electron chi connectivity index (χ4n) is 2.55. The molecular formula is C16H26N2O2S. The van der Waals surface area contributed by atoms with Crippen LogP contribution in [0.3, 0.4) is 0 Å². The molecule has 1 aromatic carbocycles. The summed E-state index contributed by atoms with van der Waals surface area (Å²) >= 11 is 0. The van der Waals surface area contributed by atoms with Crippen molar-refractivity contribution in [2.45, 2.75) is 37.5 Å². The highest BCUT2D eigenvalue weighted by molar-refractivity contribution is 7.89. The van der Waals surface area contributed by atoms with Gasteiger partial charge in [-0.3, -0.25) is 0 Å². The summed E-state index contributed by atoms with van der Waals surface area (Å²) in [5.41, 5.74) is 1.16. The molecule has 0 unspecified atom stereocenters. The van der Waals surface area contributed by atoms with Crippen LogP contribution in [0, 0.1) is 5.92 Å². The van der Waals surface area contributed by atoms with E-state index < -0.39 is 10.0 Å². The van der Waals surface area contributed by atoms with Gasteiger partial charge >= 0.3 is 0 Å². The predicted molar refractivity (Wildman–Crippen MR) is 85.8 cm³/mol. The quantitative estimate of drug-likeness (QED) is 0.749. The molecule has 2 rings (SSSR count). The van der Waals surface area contributed by atoms with Crippen molar-refractivity contribution < 1.29 is 8.42 Å². The first-order valence-electron chi connectivity index (χ1n) is 7.80. The number of hydrogen-bond acceptors (Lipinski definition) is 3. The summed E-state index contributed by atoms with van der Waals surface area (Å²) < 4.78 is 26.5. The second kappa shape index (κ2) is 7.38. The van der Waals surface area contributed by atoms with Gasteiger partial charge in [0.2, 0.25) is 10.0 Å². The highest BCUT2D eigenvalue weighted by Gasteiger charge is 2.26. The Labute approximate surface area is 128 Å². The molecule has 0 bridgehead atoms. The second-order valence-corrected chi connectivity index (χ2v) is 7.87. The molecule has 21 heavy (non-hydrogen) atoms. The van der Waals surface area contributed by atoms with Gasteiger partial charge in [-0.2, -0.15) is 0 Å². The maximum atomic E-state index is 12.5. The summed E-state index contributed by atoms with van der Waals surface area (Å²) in [4.78, 5) is 0.400. The average molecular weight is 310 g/mol. The Hall–Kier alpha value is -0.910. The summed E-state index contributed by atoms with van der Waals surface area (Å²) in [6.07, 6.45) is 4.47. The topological polar surface area (TPSA) is 49.4 Å². The molecule has 118 valence electrons. The highest BCUT2D eigenvalue weighted by atomic mass is 32.2. The molecule has 0 heterocycles. The zero-order chi connectivity index (χ0) is 15.3. The third-order valence-corrected chi connectivity index (χ3v) is 6.05. The van der Waals surface area contributed by atoms with Crippen LogP contribution in [-0.2, 0) is 16.4 Å². The van der Waals surface area contributed by atoms with Gasteiger partial charge in [-0.15, -0.1) is 0 Å². The normalized spacial score (nSPS) is 16.1. The van der Waals surface area contributed by atoms with Gasteiger partial charge in [0.25, 0.3) is 0 Å². The van der Waals surface area contributed by atoms with Gasteiger partial charge in [0.05, 0.1) is 4.90 Å². The molecule has 0 aromatic heterocycles. The Morgan fingerprint density at radius 1 is 1.24 bits per heavy atom. The van der Waals surface area contributed by atoms with Gasteiger partial charge in [-0.1, -0.05) is 25.5 Å². The van der Waals surface area contributed by atoms with Crippen LogP contribution >= 0.6 is 0 Å². The van der Waals surface area contributed by atoms with Crippen LogP contribution in [0.5, 0.6) is 0 Å². The van der Waals surface area contributed by atoms with E-state index >= 15 is 0 Å². The first kappa shape index (κ1) is 16.5. The number of sulfonamides is 1. The lowest BCUT2D eigenvalue weighted by atomic mass is 9.86. The molecule has 0 atom stereocenters. The molecular weight excluding hydrogens is 284 g/mol. The zero-order valence-corrected chi connectivity index (χ0v) is 13.8. The monoisotopic (exact) mass is 310 g/mol. The van der Waals surface area contributed by atoms with E-state index in [9.17, 15) is 8.42 Å². The highest BCUT2D eigenvalue weighted by Crippen LogP contribution is 2.28. The molecule has 0 amide bonds. The number of nitrogens with one attached hydrogen (secondary N) is 1. The van der Waals surface area contributed by atoms with Gasteiger partial charge < -0.3 is 5.32 Å². The molecule has 1 aliphatic carbocycles.